The van der Waals surface area contributed by atoms with Gasteiger partial charge in [0.2, 0.25) is 0 Å². The van der Waals surface area contributed by atoms with Gasteiger partial charge in [-0.2, -0.15) is 0 Å². The summed E-state index contributed by atoms with van der Waals surface area (Å²) in [7, 11) is 0. The van der Waals surface area contributed by atoms with Gasteiger partial charge in [0.05, 0.1) is 0 Å². The van der Waals surface area contributed by atoms with E-state index in [9.17, 15) is 0 Å². The van der Waals surface area contributed by atoms with Gasteiger partial charge in [0.15, 0.2) is 0 Å². The predicted molar refractivity (Wildman–Crippen MR) is 50.6 cm³/mol. The van der Waals surface area contributed by atoms with Crippen LogP contribution in [-0.4, -0.2) is 0 Å². The van der Waals surface area contributed by atoms with E-state index in [1.54, 1.807) is 0 Å². The molecule has 1 rings (SSSR count). The van der Waals surface area contributed by atoms with Crippen molar-refractivity contribution in [2.45, 2.75) is 53.4 Å². The van der Waals surface area contributed by atoms with Crippen molar-refractivity contribution >= 4 is 0 Å². The average Bonchev–Trinajstić information content (AvgIpc) is 1.85. The second kappa shape index (κ2) is 3.16. The maximum absolute atomic E-state index is 2.48. The molecule has 1 unspecified atom stereocenters. The monoisotopic (exact) mass is 154 g/mol. The second-order valence-electron chi connectivity index (χ2n) is 4.77. The van der Waals surface area contributed by atoms with Crippen molar-refractivity contribution in [2.75, 3.05) is 0 Å². The van der Waals surface area contributed by atoms with E-state index in [2.05, 4.69) is 27.7 Å². The molecule has 0 N–H and O–H groups in total. The number of rotatable bonds is 3. The summed E-state index contributed by atoms with van der Waals surface area (Å²) < 4.78 is 0. The average molecular weight is 154 g/mol. The Hall–Kier alpha value is 0. The van der Waals surface area contributed by atoms with Crippen LogP contribution < -0.4 is 0 Å². The van der Waals surface area contributed by atoms with E-state index >= 15 is 0 Å². The molecule has 0 aliphatic heterocycles. The van der Waals surface area contributed by atoms with Gasteiger partial charge in [-0.25, -0.2) is 0 Å². The summed E-state index contributed by atoms with van der Waals surface area (Å²) >= 11 is 0. The van der Waals surface area contributed by atoms with Gasteiger partial charge in [-0.15, -0.1) is 0 Å². The third-order valence-corrected chi connectivity index (χ3v) is 3.64. The minimum absolute atomic E-state index is 0.711. The molecule has 1 aliphatic carbocycles. The fourth-order valence-corrected chi connectivity index (χ4v) is 2.87. The first-order valence-electron chi connectivity index (χ1n) is 5.10. The van der Waals surface area contributed by atoms with Gasteiger partial charge < -0.3 is 0 Å². The molecule has 1 atom stereocenters. The van der Waals surface area contributed by atoms with Crippen molar-refractivity contribution in [2.24, 2.45) is 17.3 Å². The molecule has 0 radical (unpaired) electrons. The van der Waals surface area contributed by atoms with Crippen LogP contribution in [-0.2, 0) is 0 Å². The quantitative estimate of drug-likeness (QED) is 0.579. The molecule has 11 heavy (non-hydrogen) atoms. The third-order valence-electron chi connectivity index (χ3n) is 3.64. The van der Waals surface area contributed by atoms with Crippen molar-refractivity contribution in [3.63, 3.8) is 0 Å². The summed E-state index contributed by atoms with van der Waals surface area (Å²) in [6, 6.07) is 0. The van der Waals surface area contributed by atoms with Crippen LogP contribution in [0.4, 0.5) is 0 Å². The normalized spacial score (nSPS) is 24.8. The summed E-state index contributed by atoms with van der Waals surface area (Å²) in [5.74, 6) is 1.85. The van der Waals surface area contributed by atoms with Crippen LogP contribution in [0.2, 0.25) is 0 Å². The number of hydrogen-bond acceptors (Lipinski definition) is 0. The molecular weight excluding hydrogens is 132 g/mol. The summed E-state index contributed by atoms with van der Waals surface area (Å²) in [6.07, 6.45) is 5.79. The third kappa shape index (κ3) is 1.60. The van der Waals surface area contributed by atoms with Crippen LogP contribution >= 0.6 is 0 Å². The molecule has 1 aliphatic rings. The molecule has 0 aromatic heterocycles. The molecule has 0 spiro atoms. The minimum Gasteiger partial charge on any atom is -0.0651 e. The Morgan fingerprint density at radius 2 is 1.82 bits per heavy atom. The summed E-state index contributed by atoms with van der Waals surface area (Å²) in [6.45, 7) is 9.56. The maximum atomic E-state index is 2.48. The Kier molecular flexibility index (Phi) is 2.61. The Balaban J connectivity index is 2.53. The van der Waals surface area contributed by atoms with Crippen LogP contribution in [0.25, 0.3) is 0 Å². The molecule has 0 amide bonds. The number of hydrogen-bond donors (Lipinski definition) is 0. The van der Waals surface area contributed by atoms with E-state index in [1.165, 1.54) is 25.7 Å². The topological polar surface area (TPSA) is 0 Å². The second-order valence-corrected chi connectivity index (χ2v) is 4.77. The van der Waals surface area contributed by atoms with E-state index in [4.69, 9.17) is 0 Å². The van der Waals surface area contributed by atoms with E-state index in [0.717, 1.165) is 11.8 Å². The standard InChI is InChI=1S/C11H22/c1-5-10(9(2)3)11(4)7-6-8-11/h9-10H,5-8H2,1-4H3. The lowest BCUT2D eigenvalue weighted by Gasteiger charge is -2.47. The highest BCUT2D eigenvalue weighted by Crippen LogP contribution is 2.50. The van der Waals surface area contributed by atoms with Crippen LogP contribution in [0.1, 0.15) is 53.4 Å². The first-order valence-corrected chi connectivity index (χ1v) is 5.10. The maximum Gasteiger partial charge on any atom is -0.0295 e. The first-order chi connectivity index (χ1) is 5.10. The van der Waals surface area contributed by atoms with Gasteiger partial charge >= 0.3 is 0 Å². The van der Waals surface area contributed by atoms with Crippen molar-refractivity contribution in [3.8, 4) is 0 Å². The fourth-order valence-electron chi connectivity index (χ4n) is 2.87. The van der Waals surface area contributed by atoms with Gasteiger partial charge in [-0.1, -0.05) is 40.5 Å². The lowest BCUT2D eigenvalue weighted by atomic mass is 9.59. The predicted octanol–water partition coefficient (Wildman–Crippen LogP) is 3.86. The summed E-state index contributed by atoms with van der Waals surface area (Å²) in [4.78, 5) is 0. The van der Waals surface area contributed by atoms with E-state index < -0.39 is 0 Å². The van der Waals surface area contributed by atoms with Crippen LogP contribution in [0.15, 0.2) is 0 Å². The van der Waals surface area contributed by atoms with Crippen LogP contribution in [0, 0.1) is 17.3 Å². The first kappa shape index (κ1) is 9.09. The van der Waals surface area contributed by atoms with Gasteiger partial charge in [0.25, 0.3) is 0 Å². The smallest absolute Gasteiger partial charge is 0.0295 e. The Labute approximate surface area is 71.4 Å². The molecule has 0 aromatic rings. The minimum atomic E-state index is 0.711. The van der Waals surface area contributed by atoms with Crippen molar-refractivity contribution in [1.82, 2.24) is 0 Å². The molecule has 0 saturated heterocycles. The van der Waals surface area contributed by atoms with E-state index in [0.29, 0.717) is 5.41 Å². The Morgan fingerprint density at radius 3 is 1.91 bits per heavy atom. The SMILES string of the molecule is CCC(C(C)C)C1(C)CCC1. The molecule has 0 heteroatoms. The van der Waals surface area contributed by atoms with Crippen LogP contribution in [0.3, 0.4) is 0 Å². The molecule has 1 fully saturated rings. The van der Waals surface area contributed by atoms with Gasteiger partial charge in [-0.3, -0.25) is 0 Å². The molecule has 0 aromatic carbocycles. The zero-order chi connectivity index (χ0) is 8.48. The zero-order valence-electron chi connectivity index (χ0n) is 8.48. The molecule has 0 heterocycles. The lowest BCUT2D eigenvalue weighted by Crippen LogP contribution is -2.36. The molecule has 66 valence electrons. The Morgan fingerprint density at radius 1 is 1.27 bits per heavy atom. The molecule has 1 saturated carbocycles. The van der Waals surface area contributed by atoms with E-state index in [-0.39, 0.29) is 0 Å². The highest BCUT2D eigenvalue weighted by Gasteiger charge is 2.39. The van der Waals surface area contributed by atoms with Gasteiger partial charge in [-0.05, 0) is 30.1 Å². The lowest BCUT2D eigenvalue weighted by molar-refractivity contribution is 0.0387. The largest absolute Gasteiger partial charge is 0.0651 e. The van der Waals surface area contributed by atoms with Crippen molar-refractivity contribution in [3.05, 3.63) is 0 Å². The highest BCUT2D eigenvalue weighted by molar-refractivity contribution is 4.90. The van der Waals surface area contributed by atoms with Crippen LogP contribution in [0.5, 0.6) is 0 Å². The molecule has 0 bridgehead atoms. The zero-order valence-corrected chi connectivity index (χ0v) is 8.48. The summed E-state index contributed by atoms with van der Waals surface area (Å²) in [5, 5.41) is 0. The van der Waals surface area contributed by atoms with Crippen molar-refractivity contribution in [1.29, 1.82) is 0 Å². The Bertz CT molecular complexity index is 120. The van der Waals surface area contributed by atoms with Gasteiger partial charge in [0, 0.05) is 0 Å². The van der Waals surface area contributed by atoms with E-state index in [1.807, 2.05) is 0 Å². The van der Waals surface area contributed by atoms with Gasteiger partial charge in [0.1, 0.15) is 0 Å². The van der Waals surface area contributed by atoms with Crippen molar-refractivity contribution < 1.29 is 0 Å². The summed E-state index contributed by atoms with van der Waals surface area (Å²) in [5.41, 5.74) is 0.711. The molecular formula is C11H22. The highest BCUT2D eigenvalue weighted by atomic mass is 14.4. The molecule has 0 nitrogen and oxygen atoms in total. The fraction of sp³-hybridized carbons (Fsp3) is 1.00.